The summed E-state index contributed by atoms with van der Waals surface area (Å²) in [5, 5.41) is 5.03. The minimum atomic E-state index is -0.357. The van der Waals surface area contributed by atoms with Crippen LogP contribution in [0.5, 0.6) is 0 Å². The first kappa shape index (κ1) is 20.2. The molecule has 3 amide bonds. The van der Waals surface area contributed by atoms with Crippen LogP contribution < -0.4 is 5.32 Å². The molecule has 0 aliphatic carbocycles. The van der Waals surface area contributed by atoms with Gasteiger partial charge in [0, 0.05) is 30.7 Å². The molecule has 2 aromatic rings. The monoisotopic (exact) mass is 400 g/mol. The highest BCUT2D eigenvalue weighted by atomic mass is 32.1. The first-order chi connectivity index (χ1) is 13.4. The summed E-state index contributed by atoms with van der Waals surface area (Å²) in [5.74, 6) is -0.712. The fourth-order valence-corrected chi connectivity index (χ4v) is 4.21. The normalized spacial score (nSPS) is 14.5. The van der Waals surface area contributed by atoms with Crippen LogP contribution >= 0.6 is 11.3 Å². The lowest BCUT2D eigenvalue weighted by molar-refractivity contribution is 0.0638. The number of carbonyl (C=O) groups excluding carboxylic acids is 3. The Bertz CT molecular complexity index is 877. The molecule has 1 aliphatic rings. The van der Waals surface area contributed by atoms with Crippen molar-refractivity contribution in [2.24, 2.45) is 5.92 Å². The van der Waals surface area contributed by atoms with Crippen LogP contribution in [-0.2, 0) is 4.74 Å². The van der Waals surface area contributed by atoms with Gasteiger partial charge in [0.2, 0.25) is 0 Å². The maximum atomic E-state index is 12.8. The van der Waals surface area contributed by atoms with Crippen molar-refractivity contribution in [1.82, 2.24) is 10.2 Å². The number of amides is 3. The van der Waals surface area contributed by atoms with Crippen molar-refractivity contribution in [3.05, 3.63) is 57.3 Å². The van der Waals surface area contributed by atoms with Gasteiger partial charge in [-0.1, -0.05) is 19.9 Å². The third-order valence-corrected chi connectivity index (χ3v) is 5.72. The van der Waals surface area contributed by atoms with Gasteiger partial charge in [-0.05, 0) is 42.0 Å². The van der Waals surface area contributed by atoms with Crippen LogP contribution in [0.4, 0.5) is 0 Å². The van der Waals surface area contributed by atoms with Crippen LogP contribution in [0.25, 0.3) is 0 Å². The third kappa shape index (κ3) is 4.00. The molecule has 0 bridgehead atoms. The van der Waals surface area contributed by atoms with Crippen molar-refractivity contribution in [2.45, 2.75) is 26.3 Å². The number of thiophene rings is 1. The van der Waals surface area contributed by atoms with Gasteiger partial charge in [-0.2, -0.15) is 0 Å². The summed E-state index contributed by atoms with van der Waals surface area (Å²) in [5.41, 5.74) is 1.01. The number of nitrogens with zero attached hydrogens (tertiary/aromatic N) is 1. The topological polar surface area (TPSA) is 75.7 Å². The lowest BCUT2D eigenvalue weighted by Crippen LogP contribution is -2.31. The molecule has 3 rings (SSSR count). The Hall–Kier alpha value is -2.51. The second kappa shape index (κ2) is 8.67. The number of benzene rings is 1. The van der Waals surface area contributed by atoms with E-state index in [1.54, 1.807) is 30.6 Å². The SMILES string of the molecule is COCCCN1C(=O)c2ccc(C(=O)N[C@@H](c3cccs3)C(C)C)cc2C1=O. The van der Waals surface area contributed by atoms with E-state index in [0.717, 1.165) is 4.88 Å². The average Bonchev–Trinajstić information content (AvgIpc) is 3.28. The molecule has 6 nitrogen and oxygen atoms in total. The first-order valence-electron chi connectivity index (χ1n) is 9.27. The smallest absolute Gasteiger partial charge is 0.261 e. The summed E-state index contributed by atoms with van der Waals surface area (Å²) >= 11 is 1.60. The van der Waals surface area contributed by atoms with Gasteiger partial charge < -0.3 is 10.1 Å². The van der Waals surface area contributed by atoms with Crippen molar-refractivity contribution in [3.8, 4) is 0 Å². The van der Waals surface area contributed by atoms with E-state index in [2.05, 4.69) is 5.32 Å². The van der Waals surface area contributed by atoms with Crippen LogP contribution in [0.3, 0.4) is 0 Å². The second-order valence-electron chi connectivity index (χ2n) is 7.08. The van der Waals surface area contributed by atoms with Crippen LogP contribution in [0.1, 0.15) is 62.3 Å². The van der Waals surface area contributed by atoms with E-state index in [9.17, 15) is 14.4 Å². The molecular formula is C21H24N2O4S. The Balaban J connectivity index is 1.78. The predicted octanol–water partition coefficient (Wildman–Crippen LogP) is 3.51. The standard InChI is InChI=1S/C21H24N2O4S/c1-13(2)18(17-6-4-11-28-17)22-19(24)14-7-8-15-16(12-14)21(26)23(20(15)25)9-5-10-27-3/h4,6-8,11-13,18H,5,9-10H2,1-3H3,(H,22,24)/t18-/m1/s1. The third-order valence-electron chi connectivity index (χ3n) is 4.77. The van der Waals surface area contributed by atoms with Gasteiger partial charge in [0.25, 0.3) is 17.7 Å². The van der Waals surface area contributed by atoms with E-state index in [1.807, 2.05) is 31.4 Å². The van der Waals surface area contributed by atoms with Crippen molar-refractivity contribution in [2.75, 3.05) is 20.3 Å². The number of imide groups is 1. The fraction of sp³-hybridized carbons (Fsp3) is 0.381. The number of methoxy groups -OCH3 is 1. The molecule has 0 radical (unpaired) electrons. The Kier molecular flexibility index (Phi) is 6.26. The summed E-state index contributed by atoms with van der Waals surface area (Å²) in [6.07, 6.45) is 0.576. The zero-order valence-corrected chi connectivity index (χ0v) is 17.0. The predicted molar refractivity (Wildman–Crippen MR) is 108 cm³/mol. The van der Waals surface area contributed by atoms with Crippen LogP contribution in [0.15, 0.2) is 35.7 Å². The molecule has 1 aliphatic heterocycles. The van der Waals surface area contributed by atoms with Crippen LogP contribution in [0, 0.1) is 5.92 Å². The van der Waals surface area contributed by atoms with Crippen molar-refractivity contribution >= 4 is 29.1 Å². The Labute approximate surface area is 168 Å². The van der Waals surface area contributed by atoms with E-state index < -0.39 is 0 Å². The summed E-state index contributed by atoms with van der Waals surface area (Å²) < 4.78 is 4.99. The Morgan fingerprint density at radius 1 is 1.18 bits per heavy atom. The highest BCUT2D eigenvalue weighted by Crippen LogP contribution is 2.27. The molecule has 0 fully saturated rings. The van der Waals surface area contributed by atoms with E-state index in [4.69, 9.17) is 4.74 Å². The minimum Gasteiger partial charge on any atom is -0.385 e. The maximum Gasteiger partial charge on any atom is 0.261 e. The first-order valence-corrected chi connectivity index (χ1v) is 10.2. The molecule has 7 heteroatoms. The molecule has 1 N–H and O–H groups in total. The van der Waals surface area contributed by atoms with E-state index >= 15 is 0 Å². The van der Waals surface area contributed by atoms with Gasteiger partial charge in [0.15, 0.2) is 0 Å². The average molecular weight is 401 g/mol. The van der Waals surface area contributed by atoms with Gasteiger partial charge in [-0.25, -0.2) is 0 Å². The summed E-state index contributed by atoms with van der Waals surface area (Å²) in [6, 6.07) is 8.54. The molecular weight excluding hydrogens is 376 g/mol. The Morgan fingerprint density at radius 2 is 1.93 bits per heavy atom. The van der Waals surface area contributed by atoms with Gasteiger partial charge in [-0.3, -0.25) is 19.3 Å². The molecule has 0 unspecified atom stereocenters. The highest BCUT2D eigenvalue weighted by Gasteiger charge is 2.35. The molecule has 28 heavy (non-hydrogen) atoms. The number of hydrogen-bond acceptors (Lipinski definition) is 5. The van der Waals surface area contributed by atoms with Crippen LogP contribution in [-0.4, -0.2) is 42.9 Å². The number of rotatable bonds is 8. The van der Waals surface area contributed by atoms with E-state index in [0.29, 0.717) is 30.7 Å². The minimum absolute atomic E-state index is 0.108. The summed E-state index contributed by atoms with van der Waals surface area (Å²) in [6.45, 7) is 4.87. The number of carbonyl (C=O) groups is 3. The van der Waals surface area contributed by atoms with Crippen molar-refractivity contribution < 1.29 is 19.1 Å². The zero-order chi connectivity index (χ0) is 20.3. The fourth-order valence-electron chi connectivity index (χ4n) is 3.26. The molecule has 0 saturated heterocycles. The lowest BCUT2D eigenvalue weighted by Gasteiger charge is -2.21. The van der Waals surface area contributed by atoms with Crippen LogP contribution in [0.2, 0.25) is 0 Å². The quantitative estimate of drug-likeness (QED) is 0.543. The second-order valence-corrected chi connectivity index (χ2v) is 8.06. The largest absolute Gasteiger partial charge is 0.385 e. The number of fused-ring (bicyclic) bond motifs is 1. The highest BCUT2D eigenvalue weighted by molar-refractivity contribution is 7.10. The Morgan fingerprint density at radius 3 is 2.57 bits per heavy atom. The van der Waals surface area contributed by atoms with Crippen molar-refractivity contribution in [1.29, 1.82) is 0 Å². The number of ether oxygens (including phenoxy) is 1. The van der Waals surface area contributed by atoms with Gasteiger partial charge in [0.05, 0.1) is 17.2 Å². The number of hydrogen-bond donors (Lipinski definition) is 1. The van der Waals surface area contributed by atoms with Crippen molar-refractivity contribution in [3.63, 3.8) is 0 Å². The molecule has 0 spiro atoms. The molecule has 1 aromatic carbocycles. The molecule has 0 saturated carbocycles. The lowest BCUT2D eigenvalue weighted by atomic mass is 10.0. The molecule has 1 atom stereocenters. The number of nitrogens with one attached hydrogen (secondary N) is 1. The van der Waals surface area contributed by atoms with E-state index in [1.165, 1.54) is 11.0 Å². The van der Waals surface area contributed by atoms with Gasteiger partial charge >= 0.3 is 0 Å². The molecule has 2 heterocycles. The zero-order valence-electron chi connectivity index (χ0n) is 16.2. The molecule has 148 valence electrons. The van der Waals surface area contributed by atoms with Gasteiger partial charge in [-0.15, -0.1) is 11.3 Å². The summed E-state index contributed by atoms with van der Waals surface area (Å²) in [7, 11) is 1.58. The maximum absolute atomic E-state index is 12.8. The van der Waals surface area contributed by atoms with Gasteiger partial charge in [0.1, 0.15) is 0 Å². The molecule has 1 aromatic heterocycles. The summed E-state index contributed by atoms with van der Waals surface area (Å²) in [4.78, 5) is 40.2. The van der Waals surface area contributed by atoms with E-state index in [-0.39, 0.29) is 35.2 Å².